The van der Waals surface area contributed by atoms with Gasteiger partial charge in [-0.2, -0.15) is 0 Å². The molecule has 0 atom stereocenters. The zero-order valence-corrected chi connectivity index (χ0v) is 5.41. The van der Waals surface area contributed by atoms with E-state index in [1.54, 1.807) is 6.20 Å². The molecule has 0 bridgehead atoms. The zero-order chi connectivity index (χ0) is 6.53. The topological polar surface area (TPSA) is 12.4 Å². The second-order valence-electron chi connectivity index (χ2n) is 1.92. The Morgan fingerprint density at radius 3 is 3.00 bits per heavy atom. The fourth-order valence-corrected chi connectivity index (χ4v) is 0.575. The lowest BCUT2D eigenvalue weighted by molar-refractivity contribution is 1.52. The molecular formula is C8H9N. The van der Waals surface area contributed by atoms with E-state index in [1.165, 1.54) is 5.57 Å². The van der Waals surface area contributed by atoms with E-state index in [2.05, 4.69) is 4.99 Å². The van der Waals surface area contributed by atoms with Gasteiger partial charge in [0.2, 0.25) is 0 Å². The van der Waals surface area contributed by atoms with Crippen LogP contribution in [0.1, 0.15) is 6.92 Å². The van der Waals surface area contributed by atoms with Crippen molar-refractivity contribution in [1.82, 2.24) is 0 Å². The summed E-state index contributed by atoms with van der Waals surface area (Å²) in [6.45, 7) is 2.02. The van der Waals surface area contributed by atoms with Gasteiger partial charge in [0.25, 0.3) is 0 Å². The van der Waals surface area contributed by atoms with Crippen LogP contribution in [0.3, 0.4) is 0 Å². The summed E-state index contributed by atoms with van der Waals surface area (Å²) in [7, 11) is 0. The number of hydrogen-bond acceptors (Lipinski definition) is 1. The number of hydrogen-bond donors (Lipinski definition) is 0. The van der Waals surface area contributed by atoms with Crippen LogP contribution in [0.25, 0.3) is 0 Å². The van der Waals surface area contributed by atoms with Crippen molar-refractivity contribution in [3.63, 3.8) is 0 Å². The summed E-state index contributed by atoms with van der Waals surface area (Å²) in [4.78, 5) is 3.99. The molecule has 0 saturated heterocycles. The van der Waals surface area contributed by atoms with Gasteiger partial charge in [0.1, 0.15) is 0 Å². The highest BCUT2D eigenvalue weighted by Crippen LogP contribution is 1.92. The van der Waals surface area contributed by atoms with Crippen LogP contribution in [0.5, 0.6) is 0 Å². The van der Waals surface area contributed by atoms with E-state index in [9.17, 15) is 0 Å². The van der Waals surface area contributed by atoms with Crippen molar-refractivity contribution in [3.8, 4) is 0 Å². The Balaban J connectivity index is 2.77. The van der Waals surface area contributed by atoms with Crippen LogP contribution in [-0.2, 0) is 0 Å². The SMILES string of the molecule is CC1=C/C=C\C=C/N=C1. The molecule has 0 aromatic carbocycles. The van der Waals surface area contributed by atoms with Crippen LogP contribution >= 0.6 is 0 Å². The minimum Gasteiger partial charge on any atom is -0.264 e. The first-order chi connectivity index (χ1) is 4.39. The molecule has 0 aromatic heterocycles. The van der Waals surface area contributed by atoms with Gasteiger partial charge >= 0.3 is 0 Å². The minimum atomic E-state index is 1.18. The Morgan fingerprint density at radius 1 is 1.22 bits per heavy atom. The van der Waals surface area contributed by atoms with Gasteiger partial charge in [0.15, 0.2) is 0 Å². The number of rotatable bonds is 0. The summed E-state index contributed by atoms with van der Waals surface area (Å²) in [6, 6.07) is 0. The van der Waals surface area contributed by atoms with Crippen molar-refractivity contribution in [2.75, 3.05) is 0 Å². The van der Waals surface area contributed by atoms with Gasteiger partial charge < -0.3 is 0 Å². The van der Waals surface area contributed by atoms with Gasteiger partial charge in [-0.1, -0.05) is 18.2 Å². The minimum absolute atomic E-state index is 1.18. The third-order valence-electron chi connectivity index (χ3n) is 1.03. The van der Waals surface area contributed by atoms with Crippen LogP contribution in [0, 0.1) is 0 Å². The van der Waals surface area contributed by atoms with E-state index < -0.39 is 0 Å². The van der Waals surface area contributed by atoms with E-state index in [0.717, 1.165) is 0 Å². The largest absolute Gasteiger partial charge is 0.264 e. The van der Waals surface area contributed by atoms with Crippen molar-refractivity contribution in [1.29, 1.82) is 0 Å². The summed E-state index contributed by atoms with van der Waals surface area (Å²) >= 11 is 0. The van der Waals surface area contributed by atoms with Crippen LogP contribution in [0.15, 0.2) is 41.1 Å². The van der Waals surface area contributed by atoms with Crippen molar-refractivity contribution in [3.05, 3.63) is 36.1 Å². The molecule has 46 valence electrons. The fourth-order valence-electron chi connectivity index (χ4n) is 0.575. The predicted molar refractivity (Wildman–Crippen MR) is 40.5 cm³/mol. The molecular weight excluding hydrogens is 110 g/mol. The highest BCUT2D eigenvalue weighted by atomic mass is 14.7. The van der Waals surface area contributed by atoms with E-state index in [-0.39, 0.29) is 0 Å². The molecule has 0 unspecified atom stereocenters. The molecule has 1 aliphatic rings. The first-order valence-corrected chi connectivity index (χ1v) is 2.93. The van der Waals surface area contributed by atoms with Crippen molar-refractivity contribution >= 4 is 6.21 Å². The van der Waals surface area contributed by atoms with Crippen LogP contribution in [0.2, 0.25) is 0 Å². The second-order valence-corrected chi connectivity index (χ2v) is 1.92. The highest BCUT2D eigenvalue weighted by Gasteiger charge is 1.78. The lowest BCUT2D eigenvalue weighted by Gasteiger charge is -1.87. The van der Waals surface area contributed by atoms with E-state index in [0.29, 0.717) is 0 Å². The van der Waals surface area contributed by atoms with Crippen molar-refractivity contribution in [2.45, 2.75) is 6.92 Å². The molecule has 1 nitrogen and oxygen atoms in total. The molecule has 9 heavy (non-hydrogen) atoms. The highest BCUT2D eigenvalue weighted by molar-refractivity contribution is 5.78. The third-order valence-corrected chi connectivity index (χ3v) is 1.03. The Morgan fingerprint density at radius 2 is 2.11 bits per heavy atom. The normalized spacial score (nSPS) is 23.9. The Bertz CT molecular complexity index is 195. The molecule has 1 rings (SSSR count). The molecule has 0 aromatic rings. The summed E-state index contributed by atoms with van der Waals surface area (Å²) in [5, 5.41) is 0. The maximum Gasteiger partial charge on any atom is 0.0297 e. The van der Waals surface area contributed by atoms with E-state index in [1.807, 2.05) is 37.4 Å². The average Bonchev–Trinajstić information content (AvgIpc) is 1.79. The lowest BCUT2D eigenvalue weighted by atomic mass is 10.3. The zero-order valence-electron chi connectivity index (χ0n) is 5.41. The number of allylic oxidation sites excluding steroid dienone is 5. The summed E-state index contributed by atoms with van der Waals surface area (Å²) in [5.41, 5.74) is 1.18. The van der Waals surface area contributed by atoms with Crippen molar-refractivity contribution < 1.29 is 0 Å². The molecule has 0 fully saturated rings. The smallest absolute Gasteiger partial charge is 0.0297 e. The second kappa shape index (κ2) is 3.02. The standard InChI is InChI=1S/C8H9N/c1-8-5-3-2-4-6-9-7-8/h2-7H,1H3/b3-2-,4-2?,5-3?,6-4-,8-5?,8-7?,9-6?,9-7?. The average molecular weight is 119 g/mol. The molecule has 0 spiro atoms. The molecule has 1 heteroatoms. The molecule has 0 N–H and O–H groups in total. The van der Waals surface area contributed by atoms with E-state index in [4.69, 9.17) is 0 Å². The van der Waals surface area contributed by atoms with Gasteiger partial charge in [-0.05, 0) is 18.6 Å². The Labute approximate surface area is 55.1 Å². The van der Waals surface area contributed by atoms with E-state index >= 15 is 0 Å². The Hall–Kier alpha value is -1.11. The molecule has 1 aliphatic heterocycles. The number of aliphatic imine (C=N–C) groups is 1. The van der Waals surface area contributed by atoms with Crippen molar-refractivity contribution in [2.24, 2.45) is 4.99 Å². The molecule has 0 radical (unpaired) electrons. The number of nitrogens with zero attached hydrogens (tertiary/aromatic N) is 1. The van der Waals surface area contributed by atoms with Gasteiger partial charge in [0, 0.05) is 12.4 Å². The van der Waals surface area contributed by atoms with Crippen LogP contribution in [-0.4, -0.2) is 6.21 Å². The monoisotopic (exact) mass is 119 g/mol. The third kappa shape index (κ3) is 2.08. The van der Waals surface area contributed by atoms with Crippen LogP contribution < -0.4 is 0 Å². The maximum atomic E-state index is 3.99. The first-order valence-electron chi connectivity index (χ1n) is 2.93. The maximum absolute atomic E-state index is 3.99. The summed E-state index contributed by atoms with van der Waals surface area (Å²) < 4.78 is 0. The summed E-state index contributed by atoms with van der Waals surface area (Å²) in [6.07, 6.45) is 11.5. The van der Waals surface area contributed by atoms with Gasteiger partial charge in [-0.3, -0.25) is 4.99 Å². The lowest BCUT2D eigenvalue weighted by Crippen LogP contribution is -1.75. The molecule has 1 heterocycles. The first kappa shape index (κ1) is 6.02. The van der Waals surface area contributed by atoms with Gasteiger partial charge in [-0.25, -0.2) is 0 Å². The molecule has 0 amide bonds. The summed E-state index contributed by atoms with van der Waals surface area (Å²) in [5.74, 6) is 0. The van der Waals surface area contributed by atoms with Gasteiger partial charge in [-0.15, -0.1) is 0 Å². The quantitative estimate of drug-likeness (QED) is 0.463. The molecule has 0 saturated carbocycles. The fraction of sp³-hybridized carbons (Fsp3) is 0.125. The molecule has 0 aliphatic carbocycles. The van der Waals surface area contributed by atoms with Crippen LogP contribution in [0.4, 0.5) is 0 Å². The Kier molecular flexibility index (Phi) is 2.02. The van der Waals surface area contributed by atoms with Gasteiger partial charge in [0.05, 0.1) is 0 Å². The predicted octanol–water partition coefficient (Wildman–Crippen LogP) is 2.09.